The third-order valence-electron chi connectivity index (χ3n) is 21.3. The van der Waals surface area contributed by atoms with Gasteiger partial charge < -0.3 is 73.0 Å². The minimum Gasteiger partial charge on any atom is -0.535 e. The molecule has 7 N–H and O–H groups in total. The highest BCUT2D eigenvalue weighted by atomic mass is 28.4. The van der Waals surface area contributed by atoms with Crippen molar-refractivity contribution in [3.8, 4) is 0 Å². The molecule has 2 aromatic carbocycles. The van der Waals surface area contributed by atoms with E-state index >= 15 is 4.79 Å². The number of aliphatic hydroxyl groups is 7. The van der Waals surface area contributed by atoms with Crippen LogP contribution in [0, 0.1) is 33.5 Å². The summed E-state index contributed by atoms with van der Waals surface area (Å²) in [4.78, 5) is 81.8. The van der Waals surface area contributed by atoms with E-state index in [0.29, 0.717) is 16.7 Å². The molecule has 4 bridgehead atoms. The first-order chi connectivity index (χ1) is 43.0. The molecule has 2 saturated heterocycles. The van der Waals surface area contributed by atoms with Crippen molar-refractivity contribution in [1.29, 1.82) is 0 Å². The molecule has 95 heavy (non-hydrogen) atoms. The molecule has 0 spiro atoms. The number of hydrogen-bond donors (Lipinski definition) is 7. The molecule has 8 aliphatic rings. The fourth-order valence-electron chi connectivity index (χ4n) is 16.7. The summed E-state index contributed by atoms with van der Waals surface area (Å²) >= 11 is 0. The van der Waals surface area contributed by atoms with E-state index in [2.05, 4.69) is 43.9 Å². The third-order valence-corrected chi connectivity index (χ3v) is 24.1. The quantitative estimate of drug-likeness (QED) is 0.0298. The first-order valence-electron chi connectivity index (χ1n) is 32.5. The Labute approximate surface area is 562 Å². The zero-order valence-electron chi connectivity index (χ0n) is 58.2. The predicted octanol–water partition coefficient (Wildman–Crippen LogP) is 7.75. The summed E-state index contributed by atoms with van der Waals surface area (Å²) in [6, 6.07) is 16.3. The van der Waals surface area contributed by atoms with Crippen LogP contribution in [0.4, 0.5) is 0 Å². The second-order valence-electron chi connectivity index (χ2n) is 31.6. The monoisotopic (exact) mass is 1380 g/mol. The average molecular weight is 1380 g/mol. The number of nitrogens with zero attached hydrogens (tertiary/aromatic N) is 1. The van der Waals surface area contributed by atoms with Gasteiger partial charge in [0.15, 0.2) is 45.2 Å². The lowest BCUT2D eigenvalue weighted by Gasteiger charge is -2.67. The van der Waals surface area contributed by atoms with Crippen molar-refractivity contribution >= 4 is 66.2 Å². The summed E-state index contributed by atoms with van der Waals surface area (Å²) in [5.74, 6) is -5.87. The molecule has 10 rings (SSSR count). The Balaban J connectivity index is 0.000000228. The van der Waals surface area contributed by atoms with Gasteiger partial charge in [-0.15, -0.1) is 0 Å². The second kappa shape index (κ2) is 26.5. The van der Waals surface area contributed by atoms with Gasteiger partial charge in [-0.2, -0.15) is 0 Å². The Hall–Kier alpha value is -5.14. The number of Topliss-reactive ketones (excluding diaryl/α,β-unsaturated/α-hetero) is 2. The van der Waals surface area contributed by atoms with Crippen LogP contribution in [0.3, 0.4) is 0 Å². The van der Waals surface area contributed by atoms with Crippen molar-refractivity contribution in [2.45, 2.75) is 252 Å². The zero-order valence-corrected chi connectivity index (χ0v) is 61.2. The normalized spacial score (nSPS) is 37.7. The predicted molar refractivity (Wildman–Crippen MR) is 360 cm³/mol. The molecule has 22 nitrogen and oxygen atoms in total. The van der Waals surface area contributed by atoms with Gasteiger partial charge in [0.2, 0.25) is 8.32 Å². The highest BCUT2D eigenvalue weighted by molar-refractivity contribution is 6.76. The molecular formula is C70H105NO21Si3. The lowest BCUT2D eigenvalue weighted by atomic mass is 9.44. The molecule has 0 radical (unpaired) electrons. The number of ketones is 2. The second-order valence-corrected chi connectivity index (χ2v) is 45.0. The Kier molecular flexibility index (Phi) is 21.5. The van der Waals surface area contributed by atoms with E-state index in [1.165, 1.54) is 32.9 Å². The summed E-state index contributed by atoms with van der Waals surface area (Å²) < 4.78 is 52.8. The molecule has 18 atom stereocenters. The Morgan fingerprint density at radius 3 is 1.26 bits per heavy atom. The topological polar surface area (TPSA) is 330 Å². The lowest BCUT2D eigenvalue weighted by Crippen LogP contribution is -2.82. The van der Waals surface area contributed by atoms with Crippen LogP contribution < -0.4 is 0 Å². The van der Waals surface area contributed by atoms with Gasteiger partial charge in [0.25, 0.3) is 0 Å². The fraction of sp³-hybridized carbons (Fsp3) is 0.671. The smallest absolute Gasteiger partial charge is 0.338 e. The number of aliphatic hydroxyl groups excluding tert-OH is 5. The van der Waals surface area contributed by atoms with Crippen LogP contribution in [-0.2, 0) is 56.5 Å². The van der Waals surface area contributed by atoms with Gasteiger partial charge in [-0.25, -0.2) is 9.59 Å². The summed E-state index contributed by atoms with van der Waals surface area (Å²) in [5.41, 5.74) is -11.6. The molecule has 2 heterocycles. The minimum atomic E-state index is -2.48. The van der Waals surface area contributed by atoms with Crippen molar-refractivity contribution < 1.29 is 102 Å². The first-order valence-corrected chi connectivity index (χ1v) is 42.7. The van der Waals surface area contributed by atoms with E-state index in [1.54, 1.807) is 97.0 Å². The van der Waals surface area contributed by atoms with Crippen molar-refractivity contribution in [1.82, 2.24) is 0 Å². The fourth-order valence-corrected chi connectivity index (χ4v) is 19.6. The maximum Gasteiger partial charge on any atom is 0.338 e. The molecule has 4 saturated carbocycles. The number of benzene rings is 2. The van der Waals surface area contributed by atoms with Gasteiger partial charge in [-0.05, 0) is 133 Å². The number of rotatable bonds is 10. The van der Waals surface area contributed by atoms with Gasteiger partial charge in [-0.1, -0.05) is 71.5 Å². The Morgan fingerprint density at radius 2 is 0.926 bits per heavy atom. The minimum absolute atomic E-state index is 0. The van der Waals surface area contributed by atoms with E-state index in [0.717, 1.165) is 5.90 Å². The molecule has 25 heteroatoms. The van der Waals surface area contributed by atoms with Crippen molar-refractivity contribution in [3.63, 3.8) is 0 Å². The van der Waals surface area contributed by atoms with Crippen LogP contribution in [0.2, 0.25) is 58.9 Å². The first kappa shape index (κ1) is 77.2. The van der Waals surface area contributed by atoms with E-state index in [1.807, 2.05) is 26.6 Å². The number of carbonyl (C=O) groups is 6. The molecule has 0 aromatic heterocycles. The average Bonchev–Trinajstić information content (AvgIpc) is 0.677. The van der Waals surface area contributed by atoms with Gasteiger partial charge in [0.1, 0.15) is 47.8 Å². The maximum atomic E-state index is 15.1. The van der Waals surface area contributed by atoms with E-state index < -0.39 is 177 Å². The Morgan fingerprint density at radius 1 is 0.558 bits per heavy atom. The molecule has 0 amide bonds. The van der Waals surface area contributed by atoms with Crippen LogP contribution in [-0.4, -0.2) is 199 Å². The summed E-state index contributed by atoms with van der Waals surface area (Å²) in [7, 11) is -5.24. The van der Waals surface area contributed by atoms with Crippen LogP contribution in [0.25, 0.3) is 0 Å². The van der Waals surface area contributed by atoms with Gasteiger partial charge in [-0.3, -0.25) is 23.8 Å². The Bertz CT molecular complexity index is 3370. The van der Waals surface area contributed by atoms with Crippen LogP contribution in [0.15, 0.2) is 87.6 Å². The van der Waals surface area contributed by atoms with Crippen LogP contribution >= 0.6 is 0 Å². The van der Waals surface area contributed by atoms with Crippen molar-refractivity contribution in [2.24, 2.45) is 38.2 Å². The summed E-state index contributed by atoms with van der Waals surface area (Å²) in [5, 5.41) is 83.0. The van der Waals surface area contributed by atoms with E-state index in [-0.39, 0.29) is 63.0 Å². The summed E-state index contributed by atoms with van der Waals surface area (Å²) in [6.45, 7) is 36.2. The van der Waals surface area contributed by atoms with E-state index in [4.69, 9.17) is 37.3 Å². The molecule has 2 unspecified atom stereocenters. The van der Waals surface area contributed by atoms with Crippen molar-refractivity contribution in [2.75, 3.05) is 13.2 Å². The molecular weight excluding hydrogens is 1280 g/mol. The molecule has 2 aromatic rings. The van der Waals surface area contributed by atoms with Crippen LogP contribution in [0.5, 0.6) is 0 Å². The number of fused-ring (bicyclic) bond motifs is 10. The standard InChI is InChI=1S/C32H44O10Si.C29H36O10.C8H21NOSi2.CH4/c1-17-20(34)15-32(38)27(40-28(37)19-12-10-9-11-13-19)25-30(5,21(35)14-22-31(25,16-39-22)41-18(2)33)26(36)24(42-43(6,7)8)23(17)29(32,3)4;1-14-17(31)12-29(36)24(38-25(35)16-9-7-6-8-10-16)22-27(5,23(34)21(33)20(14)26(29,3)4)18(32)11-19-28(22,13-37-19)39-15(2)30;1-8(9-11(2,3)4)10-12(5,6)7;/h9-13,20-22,24-25,27,34-35,38H,14-16H2,1-8H3;6-10,17-19,21-22,24,31-33,36H,11-13H2,1-5H3;1-7H3;1H4/t20-,21-,22+,24+,25?,27-,30+,31-,32+;17-,18-,19+,21+,22?,24-,27+,28-,29+;;/m00../s1. The van der Waals surface area contributed by atoms with Gasteiger partial charge in [0, 0.05) is 57.3 Å². The lowest BCUT2D eigenvalue weighted by molar-refractivity contribution is -0.345. The molecule has 2 aliphatic heterocycles. The molecule has 6 aliphatic carbocycles. The largest absolute Gasteiger partial charge is 0.535 e. The van der Waals surface area contributed by atoms with Gasteiger partial charge in [0.05, 0.1) is 71.4 Å². The van der Waals surface area contributed by atoms with Crippen molar-refractivity contribution in [3.05, 3.63) is 94.1 Å². The SMILES string of the molecule is C.CC(=N[Si](C)(C)C)O[Si](C)(C)C.CC(=O)O[C@@]12CO[C@@H]1C[C@H](O)[C@@]1(C)C(=O)[C@H](O)C3=C(C)[C@@H](O)C[C@@](O)([C@@H](OC(=O)c4ccccc4)C12)C3(C)C.CC(=O)O[C@@]12CO[C@@H]1C[C@H](O)[C@@]1(C)C(=O)[C@H](O[Si](C)(C)C)C3=C(C)[C@@H](O)C[C@@](O)([C@@H](OC(=O)c4ccccc4)C12)C3(C)C. The number of ether oxygens (including phenoxy) is 6. The highest BCUT2D eigenvalue weighted by Gasteiger charge is 2.80. The van der Waals surface area contributed by atoms with Crippen LogP contribution in [0.1, 0.15) is 130 Å². The highest BCUT2D eigenvalue weighted by Crippen LogP contribution is 2.66. The summed E-state index contributed by atoms with van der Waals surface area (Å²) in [6.07, 6.45) is -13.6. The van der Waals surface area contributed by atoms with Gasteiger partial charge >= 0.3 is 23.9 Å². The molecule has 528 valence electrons. The maximum absolute atomic E-state index is 15.1. The third kappa shape index (κ3) is 13.4. The zero-order chi connectivity index (χ0) is 70.6. The number of carbonyl (C=O) groups excluding carboxylic acids is 6. The number of hydrogen-bond acceptors (Lipinski definition) is 22. The number of esters is 4. The van der Waals surface area contributed by atoms with E-state index in [9.17, 15) is 59.7 Å². The molecule has 6 fully saturated rings.